The van der Waals surface area contributed by atoms with Gasteiger partial charge in [0, 0.05) is 12.5 Å². The lowest BCUT2D eigenvalue weighted by atomic mass is 9.59. The summed E-state index contributed by atoms with van der Waals surface area (Å²) in [5, 5.41) is 9.53. The summed E-state index contributed by atoms with van der Waals surface area (Å²) in [5.41, 5.74) is 7.58. The third-order valence-electron chi connectivity index (χ3n) is 4.58. The molecule has 0 bridgehead atoms. The summed E-state index contributed by atoms with van der Waals surface area (Å²) in [6.45, 7) is 4.70. The molecule has 19 heavy (non-hydrogen) atoms. The van der Waals surface area contributed by atoms with Crippen molar-refractivity contribution in [2.45, 2.75) is 44.9 Å². The van der Waals surface area contributed by atoms with Gasteiger partial charge < -0.3 is 10.8 Å². The summed E-state index contributed by atoms with van der Waals surface area (Å²) in [4.78, 5) is 11.6. The van der Waals surface area contributed by atoms with E-state index in [2.05, 4.69) is 38.1 Å². The first kappa shape index (κ1) is 14.1. The maximum absolute atomic E-state index is 11.6. The molecule has 0 amide bonds. The topological polar surface area (TPSA) is 63.3 Å². The summed E-state index contributed by atoms with van der Waals surface area (Å²) < 4.78 is 0. The molecular weight excluding hydrogens is 238 g/mol. The normalized spacial score (nSPS) is 18.9. The Labute approximate surface area is 114 Å². The average molecular weight is 261 g/mol. The number of nitrogens with two attached hydrogens (primary N) is 1. The van der Waals surface area contributed by atoms with Crippen molar-refractivity contribution in [2.24, 2.45) is 11.1 Å². The van der Waals surface area contributed by atoms with Crippen molar-refractivity contribution < 1.29 is 9.90 Å². The second-order valence-corrected chi connectivity index (χ2v) is 5.92. The largest absolute Gasteiger partial charge is 0.481 e. The molecule has 1 aromatic carbocycles. The van der Waals surface area contributed by atoms with Gasteiger partial charge in [-0.15, -0.1) is 0 Å². The second kappa shape index (κ2) is 5.33. The molecule has 0 saturated heterocycles. The van der Waals surface area contributed by atoms with Crippen LogP contribution in [0.1, 0.15) is 56.1 Å². The number of aliphatic carboxylic acids is 1. The predicted octanol–water partition coefficient (Wildman–Crippen LogP) is 3.11. The highest BCUT2D eigenvalue weighted by Crippen LogP contribution is 2.51. The SMILES string of the molecule is CC(C)c1ccc([C@H](CN)C2(C(=O)O)CCC2)cc1. The van der Waals surface area contributed by atoms with Gasteiger partial charge in [0.2, 0.25) is 0 Å². The monoisotopic (exact) mass is 261 g/mol. The predicted molar refractivity (Wildman–Crippen MR) is 76.2 cm³/mol. The molecule has 1 aliphatic rings. The molecule has 0 aliphatic heterocycles. The number of carbonyl (C=O) groups is 1. The van der Waals surface area contributed by atoms with Gasteiger partial charge in [-0.25, -0.2) is 0 Å². The van der Waals surface area contributed by atoms with Crippen molar-refractivity contribution in [1.82, 2.24) is 0 Å². The van der Waals surface area contributed by atoms with Crippen molar-refractivity contribution in [1.29, 1.82) is 0 Å². The Hall–Kier alpha value is -1.35. The molecule has 1 aromatic rings. The first-order valence-corrected chi connectivity index (χ1v) is 7.04. The Morgan fingerprint density at radius 2 is 1.79 bits per heavy atom. The van der Waals surface area contributed by atoms with Gasteiger partial charge in [-0.1, -0.05) is 44.5 Å². The summed E-state index contributed by atoms with van der Waals surface area (Å²) in [5.74, 6) is -0.274. The van der Waals surface area contributed by atoms with Gasteiger partial charge in [-0.2, -0.15) is 0 Å². The third kappa shape index (κ3) is 2.39. The molecular formula is C16H23NO2. The van der Waals surface area contributed by atoms with Crippen LogP contribution in [0.4, 0.5) is 0 Å². The molecule has 1 fully saturated rings. The molecule has 3 heteroatoms. The van der Waals surface area contributed by atoms with E-state index in [0.29, 0.717) is 12.5 Å². The Bertz CT molecular complexity index is 446. The van der Waals surface area contributed by atoms with Gasteiger partial charge >= 0.3 is 5.97 Å². The van der Waals surface area contributed by atoms with E-state index in [1.807, 2.05) is 0 Å². The number of hydrogen-bond acceptors (Lipinski definition) is 2. The van der Waals surface area contributed by atoms with Crippen LogP contribution in [-0.2, 0) is 4.79 Å². The number of benzene rings is 1. The first-order valence-electron chi connectivity index (χ1n) is 7.04. The van der Waals surface area contributed by atoms with E-state index >= 15 is 0 Å². The first-order chi connectivity index (χ1) is 9.01. The maximum atomic E-state index is 11.6. The minimum atomic E-state index is -0.692. The van der Waals surface area contributed by atoms with E-state index in [9.17, 15) is 9.90 Å². The van der Waals surface area contributed by atoms with Crippen LogP contribution in [0, 0.1) is 5.41 Å². The van der Waals surface area contributed by atoms with Crippen molar-refractivity contribution >= 4 is 5.97 Å². The van der Waals surface area contributed by atoms with Crippen LogP contribution in [0.15, 0.2) is 24.3 Å². The minimum absolute atomic E-state index is 0.0695. The number of carboxylic acids is 1. The number of rotatable bonds is 5. The standard InChI is InChI=1S/C16H23NO2/c1-11(2)12-4-6-13(7-5-12)14(10-17)16(15(18)19)8-3-9-16/h4-7,11,14H,3,8-10,17H2,1-2H3,(H,18,19)/t14-/m0/s1. The van der Waals surface area contributed by atoms with E-state index < -0.39 is 11.4 Å². The van der Waals surface area contributed by atoms with Crippen molar-refractivity contribution in [3.8, 4) is 0 Å². The Kier molecular flexibility index (Phi) is 3.95. The smallest absolute Gasteiger partial charge is 0.310 e. The van der Waals surface area contributed by atoms with Crippen LogP contribution in [0.3, 0.4) is 0 Å². The highest BCUT2D eigenvalue weighted by molar-refractivity contribution is 5.77. The summed E-state index contributed by atoms with van der Waals surface area (Å²) in [7, 11) is 0. The number of hydrogen-bond donors (Lipinski definition) is 2. The highest BCUT2D eigenvalue weighted by Gasteiger charge is 2.50. The van der Waals surface area contributed by atoms with Crippen molar-refractivity contribution in [3.63, 3.8) is 0 Å². The minimum Gasteiger partial charge on any atom is -0.481 e. The van der Waals surface area contributed by atoms with E-state index in [-0.39, 0.29) is 5.92 Å². The number of carboxylic acid groups (broad SMARTS) is 1. The molecule has 0 spiro atoms. The molecule has 0 heterocycles. The van der Waals surface area contributed by atoms with Crippen molar-refractivity contribution in [2.75, 3.05) is 6.54 Å². The molecule has 0 radical (unpaired) electrons. The van der Waals surface area contributed by atoms with Gasteiger partial charge in [-0.3, -0.25) is 4.79 Å². The van der Waals surface area contributed by atoms with Crippen molar-refractivity contribution in [3.05, 3.63) is 35.4 Å². The van der Waals surface area contributed by atoms with E-state index in [4.69, 9.17) is 5.73 Å². The van der Waals surface area contributed by atoms with Gasteiger partial charge in [0.25, 0.3) is 0 Å². The molecule has 2 rings (SSSR count). The van der Waals surface area contributed by atoms with Gasteiger partial charge in [0.05, 0.1) is 5.41 Å². The Morgan fingerprint density at radius 3 is 2.11 bits per heavy atom. The van der Waals surface area contributed by atoms with Crippen LogP contribution < -0.4 is 5.73 Å². The van der Waals surface area contributed by atoms with Gasteiger partial charge in [0.1, 0.15) is 0 Å². The fourth-order valence-corrected chi connectivity index (χ4v) is 3.06. The molecule has 0 unspecified atom stereocenters. The Morgan fingerprint density at radius 1 is 1.26 bits per heavy atom. The summed E-state index contributed by atoms with van der Waals surface area (Å²) in [6.07, 6.45) is 2.49. The van der Waals surface area contributed by atoms with E-state index in [1.165, 1.54) is 5.56 Å². The lowest BCUT2D eigenvalue weighted by molar-refractivity contribution is -0.156. The van der Waals surface area contributed by atoms with E-state index in [1.54, 1.807) is 0 Å². The zero-order chi connectivity index (χ0) is 14.0. The van der Waals surface area contributed by atoms with E-state index in [0.717, 1.165) is 24.8 Å². The molecule has 1 aliphatic carbocycles. The zero-order valence-corrected chi connectivity index (χ0v) is 11.7. The molecule has 1 saturated carbocycles. The lowest BCUT2D eigenvalue weighted by Gasteiger charge is -2.44. The second-order valence-electron chi connectivity index (χ2n) is 5.92. The molecule has 0 aromatic heterocycles. The Balaban J connectivity index is 2.29. The molecule has 3 nitrogen and oxygen atoms in total. The molecule has 104 valence electrons. The van der Waals surface area contributed by atoms with Crippen LogP contribution in [0.2, 0.25) is 0 Å². The summed E-state index contributed by atoms with van der Waals surface area (Å²) in [6, 6.07) is 8.29. The maximum Gasteiger partial charge on any atom is 0.310 e. The van der Waals surface area contributed by atoms with Crippen LogP contribution in [-0.4, -0.2) is 17.6 Å². The van der Waals surface area contributed by atoms with Crippen LogP contribution in [0.5, 0.6) is 0 Å². The molecule has 3 N–H and O–H groups in total. The highest BCUT2D eigenvalue weighted by atomic mass is 16.4. The van der Waals surface area contributed by atoms with Gasteiger partial charge in [0.15, 0.2) is 0 Å². The fraction of sp³-hybridized carbons (Fsp3) is 0.562. The molecule has 1 atom stereocenters. The zero-order valence-electron chi connectivity index (χ0n) is 11.7. The van der Waals surface area contributed by atoms with Crippen LogP contribution in [0.25, 0.3) is 0 Å². The lowest BCUT2D eigenvalue weighted by Crippen LogP contribution is -2.45. The fourth-order valence-electron chi connectivity index (χ4n) is 3.06. The average Bonchev–Trinajstić information content (AvgIpc) is 2.33. The quantitative estimate of drug-likeness (QED) is 0.856. The van der Waals surface area contributed by atoms with Crippen LogP contribution >= 0.6 is 0 Å². The third-order valence-corrected chi connectivity index (χ3v) is 4.58. The summed E-state index contributed by atoms with van der Waals surface area (Å²) >= 11 is 0. The van der Waals surface area contributed by atoms with Gasteiger partial charge in [-0.05, 0) is 29.9 Å².